The van der Waals surface area contributed by atoms with Crippen LogP contribution in [0.15, 0.2) is 42.5 Å². The van der Waals surface area contributed by atoms with Crippen LogP contribution in [0.5, 0.6) is 11.5 Å². The Bertz CT molecular complexity index is 1220. The molecule has 5 rings (SSSR count). The van der Waals surface area contributed by atoms with E-state index in [2.05, 4.69) is 20.4 Å². The number of ether oxygens (including phenoxy) is 1. The third-order valence-corrected chi connectivity index (χ3v) is 5.29. The first-order valence-electron chi connectivity index (χ1n) is 9.26. The van der Waals surface area contributed by atoms with Gasteiger partial charge in [0.2, 0.25) is 11.9 Å². The van der Waals surface area contributed by atoms with Crippen LogP contribution < -0.4 is 10.1 Å². The lowest BCUT2D eigenvalue weighted by Gasteiger charge is -2.24. The van der Waals surface area contributed by atoms with Crippen molar-refractivity contribution in [2.24, 2.45) is 0 Å². The number of para-hydroxylation sites is 2. The fourth-order valence-electron chi connectivity index (χ4n) is 3.94. The van der Waals surface area contributed by atoms with Gasteiger partial charge in [0.25, 0.3) is 0 Å². The smallest absolute Gasteiger partial charge is 0.231 e. The number of aromatic amines is 1. The molecule has 0 spiro atoms. The summed E-state index contributed by atoms with van der Waals surface area (Å²) in [5.41, 5.74) is 4.33. The first kappa shape index (κ1) is 17.3. The number of hydrogen-bond acceptors (Lipinski definition) is 5. The average Bonchev–Trinajstić information content (AvgIpc) is 3.29. The lowest BCUT2D eigenvalue weighted by atomic mass is 9.85. The van der Waals surface area contributed by atoms with Gasteiger partial charge in [-0.3, -0.25) is 4.79 Å². The zero-order chi connectivity index (χ0) is 20.1. The van der Waals surface area contributed by atoms with Crippen LogP contribution in [0, 0.1) is 6.92 Å². The van der Waals surface area contributed by atoms with Gasteiger partial charge >= 0.3 is 0 Å². The van der Waals surface area contributed by atoms with Crippen LogP contribution in [-0.4, -0.2) is 37.9 Å². The molecule has 8 nitrogen and oxygen atoms in total. The maximum absolute atomic E-state index is 12.5. The molecule has 0 fully saturated rings. The van der Waals surface area contributed by atoms with E-state index in [1.807, 2.05) is 37.3 Å². The van der Waals surface area contributed by atoms with Crippen LogP contribution in [0.3, 0.4) is 0 Å². The van der Waals surface area contributed by atoms with Crippen LogP contribution in [-0.2, 0) is 4.79 Å². The number of imidazole rings is 1. The molecule has 146 valence electrons. The van der Waals surface area contributed by atoms with E-state index in [4.69, 9.17) is 4.74 Å². The summed E-state index contributed by atoms with van der Waals surface area (Å²) >= 11 is 0. The summed E-state index contributed by atoms with van der Waals surface area (Å²) < 4.78 is 6.89. The molecule has 0 unspecified atom stereocenters. The Kier molecular flexibility index (Phi) is 3.80. The molecular weight excluding hydrogens is 370 g/mol. The largest absolute Gasteiger partial charge is 0.504 e. The van der Waals surface area contributed by atoms with E-state index >= 15 is 0 Å². The Hall–Kier alpha value is -3.81. The first-order valence-corrected chi connectivity index (χ1v) is 9.26. The fraction of sp³-hybridized carbons (Fsp3) is 0.190. The molecule has 3 N–H and O–H groups in total. The van der Waals surface area contributed by atoms with Crippen LogP contribution in [0.1, 0.15) is 29.2 Å². The number of anilines is 1. The van der Waals surface area contributed by atoms with Gasteiger partial charge in [0, 0.05) is 17.9 Å². The Morgan fingerprint density at radius 3 is 2.86 bits per heavy atom. The second kappa shape index (κ2) is 6.37. The van der Waals surface area contributed by atoms with Gasteiger partial charge in [0.05, 0.1) is 23.8 Å². The summed E-state index contributed by atoms with van der Waals surface area (Å²) in [5, 5.41) is 17.5. The van der Waals surface area contributed by atoms with E-state index in [0.29, 0.717) is 17.5 Å². The molecule has 8 heteroatoms. The van der Waals surface area contributed by atoms with Gasteiger partial charge in [-0.1, -0.05) is 18.2 Å². The lowest BCUT2D eigenvalue weighted by molar-refractivity contribution is -0.116. The molecule has 29 heavy (non-hydrogen) atoms. The van der Waals surface area contributed by atoms with E-state index < -0.39 is 0 Å². The van der Waals surface area contributed by atoms with Crippen molar-refractivity contribution in [3.63, 3.8) is 0 Å². The van der Waals surface area contributed by atoms with Gasteiger partial charge in [-0.25, -0.2) is 4.98 Å². The number of aromatic hydroxyl groups is 1. The number of amides is 1. The van der Waals surface area contributed by atoms with Crippen molar-refractivity contribution in [2.75, 3.05) is 12.4 Å². The number of phenolic OH excluding ortho intramolecular Hbond substituents is 1. The van der Waals surface area contributed by atoms with Gasteiger partial charge in [-0.2, -0.15) is 9.78 Å². The van der Waals surface area contributed by atoms with Gasteiger partial charge in [0.15, 0.2) is 11.5 Å². The minimum Gasteiger partial charge on any atom is -0.504 e. The third-order valence-electron chi connectivity index (χ3n) is 5.29. The first-order chi connectivity index (χ1) is 14.0. The Morgan fingerprint density at radius 2 is 2.07 bits per heavy atom. The summed E-state index contributed by atoms with van der Waals surface area (Å²) in [6, 6.07) is 12.9. The molecule has 2 aromatic heterocycles. The molecular formula is C21H19N5O3. The monoisotopic (exact) mass is 389 g/mol. The molecule has 4 aromatic rings. The molecule has 0 saturated carbocycles. The van der Waals surface area contributed by atoms with Crippen molar-refractivity contribution in [2.45, 2.75) is 19.3 Å². The molecule has 3 heterocycles. The minimum absolute atomic E-state index is 0.0615. The Labute approximate surface area is 166 Å². The van der Waals surface area contributed by atoms with E-state index in [9.17, 15) is 9.90 Å². The number of carbonyl (C=O) groups excluding carboxylic acids is 1. The average molecular weight is 389 g/mol. The van der Waals surface area contributed by atoms with Gasteiger partial charge in [-0.05, 0) is 36.8 Å². The van der Waals surface area contributed by atoms with Crippen LogP contribution in [0.4, 0.5) is 5.82 Å². The number of fused-ring (bicyclic) bond motifs is 2. The summed E-state index contributed by atoms with van der Waals surface area (Å²) in [6.07, 6.45) is 0.285. The second-order valence-electron chi connectivity index (χ2n) is 7.07. The van der Waals surface area contributed by atoms with Gasteiger partial charge in [-0.15, -0.1) is 0 Å². The summed E-state index contributed by atoms with van der Waals surface area (Å²) in [4.78, 5) is 20.4. The highest BCUT2D eigenvalue weighted by molar-refractivity contribution is 5.95. The van der Waals surface area contributed by atoms with Crippen LogP contribution >= 0.6 is 0 Å². The number of rotatable bonds is 3. The number of H-pyrrole nitrogens is 1. The van der Waals surface area contributed by atoms with Crippen molar-refractivity contribution >= 4 is 22.8 Å². The summed E-state index contributed by atoms with van der Waals surface area (Å²) in [6.45, 7) is 1.92. The Balaban J connectivity index is 1.66. The summed E-state index contributed by atoms with van der Waals surface area (Å²) in [7, 11) is 1.50. The number of hydrogen-bond donors (Lipinski definition) is 3. The number of nitrogens with zero attached hydrogens (tertiary/aromatic N) is 3. The number of methoxy groups -OCH3 is 1. The fourth-order valence-corrected chi connectivity index (χ4v) is 3.94. The molecule has 1 aliphatic heterocycles. The molecule has 1 aliphatic rings. The topological polar surface area (TPSA) is 105 Å². The number of nitrogens with one attached hydrogen (secondary N) is 2. The number of carbonyl (C=O) groups is 1. The van der Waals surface area contributed by atoms with Crippen molar-refractivity contribution in [1.29, 1.82) is 0 Å². The zero-order valence-electron chi connectivity index (χ0n) is 15.9. The SMILES string of the molecule is COc1cc([C@@H]2CC(=O)Nc3c2c(C)nn3-c2nc3ccccc3[nH]2)ccc1O. The maximum atomic E-state index is 12.5. The minimum atomic E-state index is -0.202. The third kappa shape index (κ3) is 2.72. The Morgan fingerprint density at radius 1 is 1.24 bits per heavy atom. The van der Waals surface area contributed by atoms with Gasteiger partial charge in [0.1, 0.15) is 5.82 Å². The molecule has 0 aliphatic carbocycles. The molecule has 1 amide bonds. The predicted molar refractivity (Wildman–Crippen MR) is 108 cm³/mol. The lowest BCUT2D eigenvalue weighted by Crippen LogP contribution is -2.25. The quantitative estimate of drug-likeness (QED) is 0.499. The maximum Gasteiger partial charge on any atom is 0.231 e. The number of phenols is 1. The summed E-state index contributed by atoms with van der Waals surface area (Å²) in [5.74, 6) is 1.27. The van der Waals surface area contributed by atoms with E-state index in [-0.39, 0.29) is 24.0 Å². The van der Waals surface area contributed by atoms with Crippen molar-refractivity contribution < 1.29 is 14.6 Å². The molecule has 0 bridgehead atoms. The highest BCUT2D eigenvalue weighted by Crippen LogP contribution is 2.42. The molecule has 0 radical (unpaired) electrons. The highest BCUT2D eigenvalue weighted by atomic mass is 16.5. The predicted octanol–water partition coefficient (Wildman–Crippen LogP) is 3.25. The number of aryl methyl sites for hydroxylation is 1. The van der Waals surface area contributed by atoms with Crippen molar-refractivity contribution in [1.82, 2.24) is 19.7 Å². The molecule has 0 saturated heterocycles. The van der Waals surface area contributed by atoms with Crippen LogP contribution in [0.25, 0.3) is 17.0 Å². The normalized spacial score (nSPS) is 15.9. The standard InChI is InChI=1S/C21H19N5O3/c1-11-19-13(12-7-8-16(27)17(9-12)29-2)10-18(28)24-20(19)26(25-11)21-22-14-5-3-4-6-15(14)23-21/h3-9,13,27H,10H2,1-2H3,(H,22,23)(H,24,28)/t13-/m0/s1. The van der Waals surface area contributed by atoms with E-state index in [0.717, 1.165) is 27.9 Å². The second-order valence-corrected chi connectivity index (χ2v) is 7.07. The van der Waals surface area contributed by atoms with Crippen molar-refractivity contribution in [3.05, 3.63) is 59.3 Å². The van der Waals surface area contributed by atoms with E-state index in [1.165, 1.54) is 7.11 Å². The number of aromatic nitrogens is 4. The van der Waals surface area contributed by atoms with Crippen LogP contribution in [0.2, 0.25) is 0 Å². The highest BCUT2D eigenvalue weighted by Gasteiger charge is 2.33. The van der Waals surface area contributed by atoms with E-state index in [1.54, 1.807) is 16.8 Å². The van der Waals surface area contributed by atoms with Crippen molar-refractivity contribution in [3.8, 4) is 17.4 Å². The number of benzene rings is 2. The molecule has 2 aromatic carbocycles. The molecule has 1 atom stereocenters. The zero-order valence-corrected chi connectivity index (χ0v) is 15.9. The van der Waals surface area contributed by atoms with Gasteiger partial charge < -0.3 is 20.1 Å².